The van der Waals surface area contributed by atoms with Gasteiger partial charge in [0.2, 0.25) is 15.9 Å². The van der Waals surface area contributed by atoms with Gasteiger partial charge in [-0.1, -0.05) is 50.2 Å². The lowest BCUT2D eigenvalue weighted by Gasteiger charge is -2.22. The van der Waals surface area contributed by atoms with Gasteiger partial charge in [0.25, 0.3) is 5.91 Å². The average Bonchev–Trinajstić information content (AvgIpc) is 2.99. The molecule has 2 aromatic carbocycles. The van der Waals surface area contributed by atoms with Gasteiger partial charge < -0.3 is 10.6 Å². The first-order valence-electron chi connectivity index (χ1n) is 10.2. The first kappa shape index (κ1) is 23.4. The number of carbonyl (C=O) groups excluding carboxylic acids is 3. The molecule has 1 aliphatic rings. The maximum absolute atomic E-state index is 12.9. The Balaban J connectivity index is 1.74. The van der Waals surface area contributed by atoms with E-state index in [4.69, 9.17) is 0 Å². The Kier molecular flexibility index (Phi) is 6.65. The fourth-order valence-corrected chi connectivity index (χ4v) is 5.10. The van der Waals surface area contributed by atoms with Gasteiger partial charge >= 0.3 is 6.03 Å². The zero-order chi connectivity index (χ0) is 23.5. The number of anilines is 1. The molecule has 2 aromatic rings. The third kappa shape index (κ3) is 4.37. The molecule has 0 bridgehead atoms. The summed E-state index contributed by atoms with van der Waals surface area (Å²) >= 11 is 0. The maximum Gasteiger partial charge on any atom is 0.325 e. The summed E-state index contributed by atoms with van der Waals surface area (Å²) in [6, 6.07) is 14.0. The van der Waals surface area contributed by atoms with E-state index in [1.807, 2.05) is 0 Å². The number of carbonyl (C=O) groups is 3. The van der Waals surface area contributed by atoms with E-state index in [2.05, 4.69) is 10.6 Å². The van der Waals surface area contributed by atoms with Crippen LogP contribution in [0.1, 0.15) is 26.3 Å². The van der Waals surface area contributed by atoms with E-state index in [1.54, 1.807) is 57.2 Å². The Hall–Kier alpha value is -3.24. The maximum atomic E-state index is 12.9. The summed E-state index contributed by atoms with van der Waals surface area (Å²) in [5.74, 6) is -1.16. The number of urea groups is 1. The van der Waals surface area contributed by atoms with Crippen molar-refractivity contribution in [3.63, 3.8) is 0 Å². The van der Waals surface area contributed by atoms with Crippen LogP contribution in [-0.2, 0) is 25.2 Å². The van der Waals surface area contributed by atoms with Crippen LogP contribution in [0, 0.1) is 0 Å². The number of nitrogens with zero attached hydrogens (tertiary/aromatic N) is 2. The highest BCUT2D eigenvalue weighted by atomic mass is 32.2. The number of imide groups is 1. The van der Waals surface area contributed by atoms with Crippen LogP contribution in [0.5, 0.6) is 0 Å². The average molecular weight is 459 g/mol. The molecule has 1 aliphatic heterocycles. The number of rotatable bonds is 8. The predicted octanol–water partition coefficient (Wildman–Crippen LogP) is 2.12. The van der Waals surface area contributed by atoms with Crippen LogP contribution in [0.15, 0.2) is 59.5 Å². The topological polar surface area (TPSA) is 116 Å². The lowest BCUT2D eigenvalue weighted by atomic mass is 9.92. The van der Waals surface area contributed by atoms with Crippen molar-refractivity contribution in [2.75, 3.05) is 25.0 Å². The number of amides is 4. The zero-order valence-corrected chi connectivity index (χ0v) is 19.0. The number of hydrogen-bond donors (Lipinski definition) is 2. The Labute approximate surface area is 187 Å². The molecule has 0 aliphatic carbocycles. The smallest absolute Gasteiger partial charge is 0.324 e. The van der Waals surface area contributed by atoms with Gasteiger partial charge in [0.05, 0.1) is 4.90 Å². The Morgan fingerprint density at radius 3 is 2.34 bits per heavy atom. The molecular weight excluding hydrogens is 432 g/mol. The molecule has 0 aromatic heterocycles. The summed E-state index contributed by atoms with van der Waals surface area (Å²) in [4.78, 5) is 38.8. The largest absolute Gasteiger partial charge is 0.325 e. The molecule has 1 unspecified atom stereocenters. The number of benzene rings is 2. The fraction of sp³-hybridized carbons (Fsp3) is 0.318. The van der Waals surface area contributed by atoms with Gasteiger partial charge in [-0.05, 0) is 30.7 Å². The molecule has 0 radical (unpaired) electrons. The summed E-state index contributed by atoms with van der Waals surface area (Å²) in [5, 5.41) is 5.21. The molecule has 1 atom stereocenters. The molecule has 32 heavy (non-hydrogen) atoms. The molecule has 10 heteroatoms. The highest BCUT2D eigenvalue weighted by Crippen LogP contribution is 2.28. The quantitative estimate of drug-likeness (QED) is 0.588. The van der Waals surface area contributed by atoms with E-state index in [9.17, 15) is 22.8 Å². The Morgan fingerprint density at radius 2 is 1.72 bits per heavy atom. The molecule has 170 valence electrons. The molecule has 0 saturated carbocycles. The third-order valence-electron chi connectivity index (χ3n) is 5.39. The van der Waals surface area contributed by atoms with Gasteiger partial charge in [-0.15, -0.1) is 0 Å². The highest BCUT2D eigenvalue weighted by molar-refractivity contribution is 7.89. The first-order chi connectivity index (χ1) is 15.1. The zero-order valence-electron chi connectivity index (χ0n) is 18.2. The Morgan fingerprint density at radius 1 is 1.06 bits per heavy atom. The van der Waals surface area contributed by atoms with E-state index >= 15 is 0 Å². The highest BCUT2D eigenvalue weighted by Gasteiger charge is 2.49. The van der Waals surface area contributed by atoms with Crippen LogP contribution in [0.2, 0.25) is 0 Å². The van der Waals surface area contributed by atoms with Crippen molar-refractivity contribution in [3.05, 3.63) is 60.2 Å². The summed E-state index contributed by atoms with van der Waals surface area (Å²) in [5.41, 5.74) is -0.409. The third-order valence-corrected chi connectivity index (χ3v) is 7.43. The molecular formula is C22H26N4O5S. The van der Waals surface area contributed by atoms with Crippen LogP contribution < -0.4 is 10.6 Å². The van der Waals surface area contributed by atoms with Crippen molar-refractivity contribution in [2.45, 2.75) is 31.2 Å². The molecule has 2 N–H and O–H groups in total. The van der Waals surface area contributed by atoms with Gasteiger partial charge in [0, 0.05) is 18.8 Å². The van der Waals surface area contributed by atoms with Crippen molar-refractivity contribution in [1.82, 2.24) is 14.5 Å². The normalized spacial score (nSPS) is 18.7. The molecule has 4 amide bonds. The SMILES string of the molecule is CCN(CC)S(=O)(=O)c1cccc(NC(=O)CN2C(=O)NC(C)(c3ccccc3)C2=O)c1. The van der Waals surface area contributed by atoms with Gasteiger partial charge in [0.15, 0.2) is 0 Å². The number of sulfonamides is 1. The minimum absolute atomic E-state index is 0.0469. The number of nitrogens with one attached hydrogen (secondary N) is 2. The second-order valence-electron chi connectivity index (χ2n) is 7.48. The van der Waals surface area contributed by atoms with E-state index < -0.39 is 40.0 Å². The van der Waals surface area contributed by atoms with Crippen molar-refractivity contribution < 1.29 is 22.8 Å². The van der Waals surface area contributed by atoms with Crippen LogP contribution >= 0.6 is 0 Å². The standard InChI is InChI=1S/C22H26N4O5S/c1-4-25(5-2)32(30,31)18-13-9-12-17(14-18)23-19(27)15-26-20(28)22(3,24-21(26)29)16-10-7-6-8-11-16/h6-14H,4-5,15H2,1-3H3,(H,23,27)(H,24,29). The second-order valence-corrected chi connectivity index (χ2v) is 9.42. The molecule has 1 saturated heterocycles. The van der Waals surface area contributed by atoms with E-state index in [0.29, 0.717) is 18.7 Å². The molecule has 0 spiro atoms. The summed E-state index contributed by atoms with van der Waals surface area (Å²) in [6.45, 7) is 5.22. The minimum Gasteiger partial charge on any atom is -0.324 e. The molecule has 1 fully saturated rings. The van der Waals surface area contributed by atoms with Crippen LogP contribution in [0.4, 0.5) is 10.5 Å². The van der Waals surface area contributed by atoms with Gasteiger partial charge in [-0.2, -0.15) is 4.31 Å². The van der Waals surface area contributed by atoms with Crippen molar-refractivity contribution >= 4 is 33.6 Å². The summed E-state index contributed by atoms with van der Waals surface area (Å²) < 4.78 is 26.7. The van der Waals surface area contributed by atoms with Gasteiger partial charge in [-0.3, -0.25) is 14.5 Å². The lowest BCUT2D eigenvalue weighted by Crippen LogP contribution is -2.42. The van der Waals surface area contributed by atoms with Crippen molar-refractivity contribution in [3.8, 4) is 0 Å². The lowest BCUT2D eigenvalue weighted by molar-refractivity contribution is -0.133. The second kappa shape index (κ2) is 9.09. The van der Waals surface area contributed by atoms with Crippen LogP contribution in [0.3, 0.4) is 0 Å². The van der Waals surface area contributed by atoms with Crippen molar-refractivity contribution in [1.29, 1.82) is 0 Å². The van der Waals surface area contributed by atoms with Crippen LogP contribution in [-0.4, -0.2) is 55.1 Å². The summed E-state index contributed by atoms with van der Waals surface area (Å²) in [7, 11) is -3.69. The summed E-state index contributed by atoms with van der Waals surface area (Å²) in [6.07, 6.45) is 0. The monoisotopic (exact) mass is 458 g/mol. The predicted molar refractivity (Wildman–Crippen MR) is 119 cm³/mol. The fourth-order valence-electron chi connectivity index (χ4n) is 3.60. The van der Waals surface area contributed by atoms with Crippen molar-refractivity contribution in [2.24, 2.45) is 0 Å². The van der Waals surface area contributed by atoms with Crippen LogP contribution in [0.25, 0.3) is 0 Å². The Bertz CT molecular complexity index is 1130. The minimum atomic E-state index is -3.69. The van der Waals surface area contributed by atoms with E-state index in [1.165, 1.54) is 22.5 Å². The van der Waals surface area contributed by atoms with Gasteiger partial charge in [-0.25, -0.2) is 13.2 Å². The van der Waals surface area contributed by atoms with Gasteiger partial charge in [0.1, 0.15) is 12.1 Å². The first-order valence-corrected chi connectivity index (χ1v) is 11.7. The van der Waals surface area contributed by atoms with E-state index in [0.717, 1.165) is 4.90 Å². The molecule has 1 heterocycles. The van der Waals surface area contributed by atoms with E-state index in [-0.39, 0.29) is 10.6 Å². The molecule has 9 nitrogen and oxygen atoms in total. The number of hydrogen-bond acceptors (Lipinski definition) is 5. The molecule has 3 rings (SSSR count).